The molecule has 0 saturated heterocycles. The first-order chi connectivity index (χ1) is 7.70. The van der Waals surface area contributed by atoms with Crippen LogP contribution in [0, 0.1) is 0 Å². The van der Waals surface area contributed by atoms with E-state index in [2.05, 4.69) is 36.2 Å². The van der Waals surface area contributed by atoms with Crippen molar-refractivity contribution in [3.8, 4) is 0 Å². The van der Waals surface area contributed by atoms with E-state index in [0.717, 1.165) is 30.0 Å². The van der Waals surface area contributed by atoms with Gasteiger partial charge in [-0.1, -0.05) is 20.8 Å². The second-order valence-corrected chi connectivity index (χ2v) is 4.27. The predicted octanol–water partition coefficient (Wildman–Crippen LogP) is 1.96. The summed E-state index contributed by atoms with van der Waals surface area (Å²) in [6, 6.07) is 2.04. The summed E-state index contributed by atoms with van der Waals surface area (Å²) in [7, 11) is 0. The first kappa shape index (κ1) is 11.1. The molecule has 2 rings (SSSR count). The Morgan fingerprint density at radius 3 is 2.94 bits per heavy atom. The van der Waals surface area contributed by atoms with Crippen molar-refractivity contribution in [3.05, 3.63) is 29.7 Å². The van der Waals surface area contributed by atoms with E-state index in [4.69, 9.17) is 0 Å². The van der Waals surface area contributed by atoms with Gasteiger partial charge in [-0.3, -0.25) is 0 Å². The van der Waals surface area contributed by atoms with Crippen LogP contribution in [0.5, 0.6) is 0 Å². The molecule has 0 aliphatic rings. The van der Waals surface area contributed by atoms with E-state index in [1.165, 1.54) is 0 Å². The Balaban J connectivity index is 2.30. The minimum absolute atomic E-state index is 0.443. The van der Waals surface area contributed by atoms with Crippen LogP contribution in [0.4, 0.5) is 0 Å². The van der Waals surface area contributed by atoms with Crippen LogP contribution in [0.15, 0.2) is 18.5 Å². The molecule has 2 aromatic heterocycles. The van der Waals surface area contributed by atoms with E-state index in [-0.39, 0.29) is 0 Å². The highest BCUT2D eigenvalue weighted by molar-refractivity contribution is 5.40. The Morgan fingerprint density at radius 2 is 2.25 bits per heavy atom. The van der Waals surface area contributed by atoms with Gasteiger partial charge in [0, 0.05) is 30.6 Å². The molecule has 0 radical (unpaired) electrons. The molecule has 2 aromatic rings. The smallest absolute Gasteiger partial charge is 0.155 e. The second kappa shape index (κ2) is 4.61. The maximum Gasteiger partial charge on any atom is 0.155 e. The molecule has 0 unspecified atom stereocenters. The lowest BCUT2D eigenvalue weighted by atomic mass is 10.1. The summed E-state index contributed by atoms with van der Waals surface area (Å²) in [5, 5.41) is 7.79. The maximum absolute atomic E-state index is 4.51. The van der Waals surface area contributed by atoms with Gasteiger partial charge >= 0.3 is 0 Å². The van der Waals surface area contributed by atoms with E-state index < -0.39 is 0 Å². The lowest BCUT2D eigenvalue weighted by Crippen LogP contribution is -2.12. The molecule has 0 spiro atoms. The third-order valence-electron chi connectivity index (χ3n) is 2.56. The second-order valence-electron chi connectivity index (χ2n) is 4.27. The standard InChI is InChI=1S/C12H18N4/c1-4-13-6-10-7-14-12-5-11(9(2)3)15-16(12)8-10/h5,7-9,13H,4,6H2,1-3H3. The van der Waals surface area contributed by atoms with Crippen molar-refractivity contribution in [2.24, 2.45) is 0 Å². The fourth-order valence-electron chi connectivity index (χ4n) is 1.58. The van der Waals surface area contributed by atoms with Gasteiger partial charge in [0.05, 0.1) is 5.69 Å². The van der Waals surface area contributed by atoms with E-state index >= 15 is 0 Å². The van der Waals surface area contributed by atoms with Crippen LogP contribution in [-0.2, 0) is 6.54 Å². The highest BCUT2D eigenvalue weighted by atomic mass is 15.2. The van der Waals surface area contributed by atoms with Gasteiger partial charge < -0.3 is 5.32 Å². The Morgan fingerprint density at radius 1 is 1.44 bits per heavy atom. The maximum atomic E-state index is 4.51. The van der Waals surface area contributed by atoms with Gasteiger partial charge in [-0.05, 0) is 12.5 Å². The summed E-state index contributed by atoms with van der Waals surface area (Å²) in [6.07, 6.45) is 3.95. The summed E-state index contributed by atoms with van der Waals surface area (Å²) in [5.41, 5.74) is 3.17. The SMILES string of the molecule is CCNCc1cnc2cc(C(C)C)nn2c1. The molecule has 0 saturated carbocycles. The van der Waals surface area contributed by atoms with Gasteiger partial charge in [0.15, 0.2) is 5.65 Å². The number of hydrogen-bond donors (Lipinski definition) is 1. The molecule has 2 heterocycles. The summed E-state index contributed by atoms with van der Waals surface area (Å²) >= 11 is 0. The van der Waals surface area contributed by atoms with Gasteiger partial charge in [-0.15, -0.1) is 0 Å². The average Bonchev–Trinajstić information content (AvgIpc) is 2.69. The van der Waals surface area contributed by atoms with Crippen molar-refractivity contribution < 1.29 is 0 Å². The monoisotopic (exact) mass is 218 g/mol. The molecule has 86 valence electrons. The molecular formula is C12H18N4. The third kappa shape index (κ3) is 2.22. The van der Waals surface area contributed by atoms with Crippen LogP contribution >= 0.6 is 0 Å². The Bertz CT molecular complexity index is 473. The lowest BCUT2D eigenvalue weighted by molar-refractivity contribution is 0.714. The molecule has 1 N–H and O–H groups in total. The van der Waals surface area contributed by atoms with Gasteiger partial charge in [0.2, 0.25) is 0 Å². The number of fused-ring (bicyclic) bond motifs is 1. The molecule has 0 atom stereocenters. The molecule has 0 aliphatic heterocycles. The number of hydrogen-bond acceptors (Lipinski definition) is 3. The average molecular weight is 218 g/mol. The molecule has 0 fully saturated rings. The first-order valence-corrected chi connectivity index (χ1v) is 5.75. The Kier molecular flexibility index (Phi) is 3.19. The first-order valence-electron chi connectivity index (χ1n) is 5.75. The van der Waals surface area contributed by atoms with E-state index in [1.807, 2.05) is 23.0 Å². The zero-order valence-electron chi connectivity index (χ0n) is 10.1. The van der Waals surface area contributed by atoms with Crippen molar-refractivity contribution in [2.45, 2.75) is 33.2 Å². The summed E-state index contributed by atoms with van der Waals surface area (Å²) in [5.74, 6) is 0.443. The third-order valence-corrected chi connectivity index (χ3v) is 2.56. The van der Waals surface area contributed by atoms with Gasteiger partial charge in [-0.25, -0.2) is 9.50 Å². The van der Waals surface area contributed by atoms with Crippen LogP contribution in [-0.4, -0.2) is 21.1 Å². The number of nitrogens with zero attached hydrogens (tertiary/aromatic N) is 3. The van der Waals surface area contributed by atoms with Crippen molar-refractivity contribution >= 4 is 5.65 Å². The van der Waals surface area contributed by atoms with Gasteiger partial charge in [0.1, 0.15) is 0 Å². The molecular weight excluding hydrogens is 200 g/mol. The van der Waals surface area contributed by atoms with Crippen molar-refractivity contribution in [1.29, 1.82) is 0 Å². The van der Waals surface area contributed by atoms with Crippen LogP contribution < -0.4 is 5.32 Å². The Hall–Kier alpha value is -1.42. The summed E-state index contributed by atoms with van der Waals surface area (Å²) in [6.45, 7) is 8.18. The number of aromatic nitrogens is 3. The molecule has 0 aliphatic carbocycles. The van der Waals surface area contributed by atoms with Crippen molar-refractivity contribution in [3.63, 3.8) is 0 Å². The van der Waals surface area contributed by atoms with Crippen molar-refractivity contribution in [2.75, 3.05) is 6.54 Å². The van der Waals surface area contributed by atoms with E-state index in [0.29, 0.717) is 5.92 Å². The predicted molar refractivity (Wildman–Crippen MR) is 64.5 cm³/mol. The minimum atomic E-state index is 0.443. The highest BCUT2D eigenvalue weighted by Crippen LogP contribution is 2.14. The fraction of sp³-hybridized carbons (Fsp3) is 0.500. The van der Waals surface area contributed by atoms with Crippen LogP contribution in [0.2, 0.25) is 0 Å². The fourth-order valence-corrected chi connectivity index (χ4v) is 1.58. The summed E-state index contributed by atoms with van der Waals surface area (Å²) < 4.78 is 1.86. The van der Waals surface area contributed by atoms with E-state index in [1.54, 1.807) is 0 Å². The highest BCUT2D eigenvalue weighted by Gasteiger charge is 2.06. The number of rotatable bonds is 4. The normalized spacial score (nSPS) is 11.5. The zero-order chi connectivity index (χ0) is 11.5. The van der Waals surface area contributed by atoms with Crippen LogP contribution in [0.3, 0.4) is 0 Å². The largest absolute Gasteiger partial charge is 0.313 e. The molecule has 16 heavy (non-hydrogen) atoms. The lowest BCUT2D eigenvalue weighted by Gasteiger charge is -2.01. The summed E-state index contributed by atoms with van der Waals surface area (Å²) in [4.78, 5) is 4.40. The van der Waals surface area contributed by atoms with E-state index in [9.17, 15) is 0 Å². The topological polar surface area (TPSA) is 42.2 Å². The molecule has 4 heteroatoms. The van der Waals surface area contributed by atoms with Crippen LogP contribution in [0.1, 0.15) is 37.9 Å². The number of nitrogens with one attached hydrogen (secondary N) is 1. The quantitative estimate of drug-likeness (QED) is 0.853. The molecule has 0 amide bonds. The molecule has 0 aromatic carbocycles. The molecule has 0 bridgehead atoms. The minimum Gasteiger partial charge on any atom is -0.313 e. The molecule has 4 nitrogen and oxygen atoms in total. The van der Waals surface area contributed by atoms with Gasteiger partial charge in [0.25, 0.3) is 0 Å². The van der Waals surface area contributed by atoms with Crippen LogP contribution in [0.25, 0.3) is 5.65 Å². The van der Waals surface area contributed by atoms with Gasteiger partial charge in [-0.2, -0.15) is 5.10 Å². The zero-order valence-corrected chi connectivity index (χ0v) is 10.1. The van der Waals surface area contributed by atoms with Crippen molar-refractivity contribution in [1.82, 2.24) is 19.9 Å². The Labute approximate surface area is 95.7 Å².